The maximum absolute atomic E-state index is 13.5. The van der Waals surface area contributed by atoms with E-state index in [4.69, 9.17) is 0 Å². The van der Waals surface area contributed by atoms with Crippen LogP contribution in [0.1, 0.15) is 22.8 Å². The van der Waals surface area contributed by atoms with Crippen LogP contribution in [0.15, 0.2) is 30.4 Å². The molecule has 2 nitrogen and oxygen atoms in total. The van der Waals surface area contributed by atoms with Gasteiger partial charge in [-0.1, -0.05) is 24.3 Å². The highest BCUT2D eigenvalue weighted by molar-refractivity contribution is 5.94. The van der Waals surface area contributed by atoms with Gasteiger partial charge in [0.05, 0.1) is 5.56 Å². The number of nitrogens with one attached hydrogen (secondary N) is 1. The number of halogens is 1. The van der Waals surface area contributed by atoms with Crippen LogP contribution in [-0.2, 0) is 0 Å². The second kappa shape index (κ2) is 5.29. The van der Waals surface area contributed by atoms with Gasteiger partial charge in [0.2, 0.25) is 0 Å². The first-order valence-corrected chi connectivity index (χ1v) is 4.81. The molecule has 1 rings (SSSR count). The number of amides is 1. The van der Waals surface area contributed by atoms with Crippen LogP contribution < -0.4 is 5.32 Å². The average molecular weight is 207 g/mol. The van der Waals surface area contributed by atoms with Crippen LogP contribution in [0.25, 0.3) is 0 Å². The normalized spacial score (nSPS) is 10.6. The Kier molecular flexibility index (Phi) is 4.03. The minimum Gasteiger partial charge on any atom is -0.348 e. The number of benzene rings is 1. The van der Waals surface area contributed by atoms with Gasteiger partial charge in [-0.25, -0.2) is 4.39 Å². The monoisotopic (exact) mass is 207 g/mol. The Bertz CT molecular complexity index is 385. The molecule has 15 heavy (non-hydrogen) atoms. The fraction of sp³-hybridized carbons (Fsp3) is 0.250. The van der Waals surface area contributed by atoms with E-state index in [-0.39, 0.29) is 11.5 Å². The lowest BCUT2D eigenvalue weighted by atomic mass is 10.1. The van der Waals surface area contributed by atoms with Gasteiger partial charge in [0.25, 0.3) is 5.91 Å². The SMILES string of the molecule is C/C=C/CNC(=O)c1cccc(C)c1F. The maximum Gasteiger partial charge on any atom is 0.254 e. The molecule has 0 saturated carbocycles. The molecule has 0 spiro atoms. The molecule has 0 radical (unpaired) electrons. The van der Waals surface area contributed by atoms with Crippen LogP contribution in [0, 0.1) is 12.7 Å². The van der Waals surface area contributed by atoms with Gasteiger partial charge < -0.3 is 5.32 Å². The van der Waals surface area contributed by atoms with Crippen molar-refractivity contribution in [3.05, 3.63) is 47.3 Å². The molecule has 0 aliphatic rings. The molecular weight excluding hydrogens is 193 g/mol. The van der Waals surface area contributed by atoms with Gasteiger partial charge in [0.1, 0.15) is 5.82 Å². The minimum atomic E-state index is -0.449. The van der Waals surface area contributed by atoms with E-state index >= 15 is 0 Å². The Hall–Kier alpha value is -1.64. The molecule has 0 aromatic heterocycles. The zero-order valence-electron chi connectivity index (χ0n) is 8.88. The Morgan fingerprint density at radius 3 is 2.93 bits per heavy atom. The number of hydrogen-bond acceptors (Lipinski definition) is 1. The fourth-order valence-electron chi connectivity index (χ4n) is 1.19. The first-order chi connectivity index (χ1) is 7.16. The summed E-state index contributed by atoms with van der Waals surface area (Å²) >= 11 is 0. The van der Waals surface area contributed by atoms with E-state index in [2.05, 4.69) is 5.32 Å². The van der Waals surface area contributed by atoms with Crippen molar-refractivity contribution >= 4 is 5.91 Å². The Labute approximate surface area is 88.8 Å². The molecule has 1 aromatic rings. The number of allylic oxidation sites excluding steroid dienone is 1. The van der Waals surface area contributed by atoms with Gasteiger partial charge in [0.15, 0.2) is 0 Å². The third kappa shape index (κ3) is 2.91. The highest BCUT2D eigenvalue weighted by Gasteiger charge is 2.11. The summed E-state index contributed by atoms with van der Waals surface area (Å²) in [5.41, 5.74) is 0.577. The van der Waals surface area contributed by atoms with Crippen LogP contribution in [0.4, 0.5) is 4.39 Å². The van der Waals surface area contributed by atoms with Gasteiger partial charge >= 0.3 is 0 Å². The third-order valence-corrected chi connectivity index (χ3v) is 2.05. The van der Waals surface area contributed by atoms with Crippen LogP contribution in [0.3, 0.4) is 0 Å². The van der Waals surface area contributed by atoms with Crippen LogP contribution in [0.2, 0.25) is 0 Å². The van der Waals surface area contributed by atoms with Gasteiger partial charge in [-0.2, -0.15) is 0 Å². The van der Waals surface area contributed by atoms with Gasteiger partial charge in [-0.15, -0.1) is 0 Å². The summed E-state index contributed by atoms with van der Waals surface area (Å²) in [6.45, 7) is 3.92. The Morgan fingerprint density at radius 1 is 1.53 bits per heavy atom. The maximum atomic E-state index is 13.5. The van der Waals surface area contributed by atoms with Gasteiger partial charge in [0, 0.05) is 6.54 Å². The summed E-state index contributed by atoms with van der Waals surface area (Å²) < 4.78 is 13.5. The second-order valence-corrected chi connectivity index (χ2v) is 3.22. The highest BCUT2D eigenvalue weighted by atomic mass is 19.1. The Balaban J connectivity index is 2.78. The van der Waals surface area contributed by atoms with Gasteiger partial charge in [-0.3, -0.25) is 4.79 Å². The predicted molar refractivity (Wildman–Crippen MR) is 58.3 cm³/mol. The highest BCUT2D eigenvalue weighted by Crippen LogP contribution is 2.11. The van der Waals surface area contributed by atoms with E-state index in [0.29, 0.717) is 12.1 Å². The molecule has 0 aliphatic carbocycles. The first-order valence-electron chi connectivity index (χ1n) is 4.81. The fourth-order valence-corrected chi connectivity index (χ4v) is 1.19. The summed E-state index contributed by atoms with van der Waals surface area (Å²) in [6, 6.07) is 4.79. The second-order valence-electron chi connectivity index (χ2n) is 3.22. The van der Waals surface area contributed by atoms with Crippen molar-refractivity contribution in [1.82, 2.24) is 5.32 Å². The van der Waals surface area contributed by atoms with Crippen molar-refractivity contribution in [1.29, 1.82) is 0 Å². The molecule has 0 unspecified atom stereocenters. The van der Waals surface area contributed by atoms with Crippen molar-refractivity contribution in [2.24, 2.45) is 0 Å². The number of carbonyl (C=O) groups is 1. The molecule has 0 heterocycles. The lowest BCUT2D eigenvalue weighted by Gasteiger charge is -2.05. The standard InChI is InChI=1S/C12H14FNO/c1-3-4-8-14-12(15)10-7-5-6-9(2)11(10)13/h3-7H,8H2,1-2H3,(H,14,15)/b4-3+. The summed E-state index contributed by atoms with van der Waals surface area (Å²) in [6.07, 6.45) is 3.62. The van der Waals surface area contributed by atoms with E-state index in [1.165, 1.54) is 6.07 Å². The molecule has 1 aromatic carbocycles. The van der Waals surface area contributed by atoms with Crippen LogP contribution in [0.5, 0.6) is 0 Å². The van der Waals surface area contributed by atoms with E-state index in [1.807, 2.05) is 13.0 Å². The molecule has 3 heteroatoms. The lowest BCUT2D eigenvalue weighted by Crippen LogP contribution is -2.24. The lowest BCUT2D eigenvalue weighted by molar-refractivity contribution is 0.0954. The van der Waals surface area contributed by atoms with Crippen LogP contribution >= 0.6 is 0 Å². The number of hydrogen-bond donors (Lipinski definition) is 1. The predicted octanol–water partition coefficient (Wildman–Crippen LogP) is 2.44. The minimum absolute atomic E-state index is 0.0968. The summed E-state index contributed by atoms with van der Waals surface area (Å²) in [5, 5.41) is 2.60. The van der Waals surface area contributed by atoms with E-state index in [9.17, 15) is 9.18 Å². The van der Waals surface area contributed by atoms with Crippen molar-refractivity contribution in [3.63, 3.8) is 0 Å². The van der Waals surface area contributed by atoms with E-state index in [1.54, 1.807) is 25.1 Å². The van der Waals surface area contributed by atoms with E-state index in [0.717, 1.165) is 0 Å². The van der Waals surface area contributed by atoms with Crippen molar-refractivity contribution in [3.8, 4) is 0 Å². The van der Waals surface area contributed by atoms with Crippen molar-refractivity contribution in [2.45, 2.75) is 13.8 Å². The third-order valence-electron chi connectivity index (χ3n) is 2.05. The van der Waals surface area contributed by atoms with Crippen molar-refractivity contribution < 1.29 is 9.18 Å². The largest absolute Gasteiger partial charge is 0.348 e. The Morgan fingerprint density at radius 2 is 2.27 bits per heavy atom. The van der Waals surface area contributed by atoms with Gasteiger partial charge in [-0.05, 0) is 25.5 Å². The molecule has 0 fully saturated rings. The molecule has 0 bridgehead atoms. The van der Waals surface area contributed by atoms with E-state index < -0.39 is 5.82 Å². The molecule has 0 saturated heterocycles. The quantitative estimate of drug-likeness (QED) is 0.758. The summed E-state index contributed by atoms with van der Waals surface area (Å²) in [5.74, 6) is -0.829. The number of aryl methyl sites for hydroxylation is 1. The molecule has 1 amide bonds. The first kappa shape index (κ1) is 11.4. The summed E-state index contributed by atoms with van der Waals surface area (Å²) in [4.78, 5) is 11.5. The zero-order chi connectivity index (χ0) is 11.3. The van der Waals surface area contributed by atoms with Crippen molar-refractivity contribution in [2.75, 3.05) is 6.54 Å². The molecule has 1 N–H and O–H groups in total. The molecule has 0 aliphatic heterocycles. The number of rotatable bonds is 3. The summed E-state index contributed by atoms with van der Waals surface area (Å²) in [7, 11) is 0. The molecular formula is C12H14FNO. The molecule has 0 atom stereocenters. The average Bonchev–Trinajstić information content (AvgIpc) is 2.22. The zero-order valence-corrected chi connectivity index (χ0v) is 8.88. The molecule has 80 valence electrons. The smallest absolute Gasteiger partial charge is 0.254 e. The van der Waals surface area contributed by atoms with Crippen LogP contribution in [-0.4, -0.2) is 12.5 Å². The number of carbonyl (C=O) groups excluding carboxylic acids is 1. The topological polar surface area (TPSA) is 29.1 Å².